The lowest BCUT2D eigenvalue weighted by molar-refractivity contribution is 0.625. The van der Waals surface area contributed by atoms with Gasteiger partial charge in [-0.2, -0.15) is 0 Å². The van der Waals surface area contributed by atoms with Gasteiger partial charge in [-0.05, 0) is 54.3 Å². The summed E-state index contributed by atoms with van der Waals surface area (Å²) in [5, 5.41) is 0.421. The smallest absolute Gasteiger partial charge is 0.124 e. The molecule has 0 saturated heterocycles. The van der Waals surface area contributed by atoms with Crippen LogP contribution in [-0.2, 0) is 6.42 Å². The molecule has 1 nitrogen and oxygen atoms in total. The number of nitrogens with two attached hydrogens (primary N) is 1. The second-order valence-electron chi connectivity index (χ2n) is 4.55. The van der Waals surface area contributed by atoms with E-state index in [0.717, 1.165) is 21.2 Å². The van der Waals surface area contributed by atoms with Crippen LogP contribution in [-0.4, -0.2) is 0 Å². The van der Waals surface area contributed by atoms with Crippen LogP contribution in [0.5, 0.6) is 0 Å². The van der Waals surface area contributed by atoms with Gasteiger partial charge >= 0.3 is 0 Å². The fourth-order valence-corrected chi connectivity index (χ4v) is 2.81. The van der Waals surface area contributed by atoms with Crippen LogP contribution in [0.3, 0.4) is 0 Å². The second-order valence-corrected chi connectivity index (χ2v) is 5.87. The standard InChI is InChI=1S/C15H14BrClFN/c1-9-6-11(16)3-5-13(9)15(19)7-10-2-4-12(18)8-14(10)17/h2-6,8,15H,7,19H2,1H3. The van der Waals surface area contributed by atoms with Crippen molar-refractivity contribution in [2.24, 2.45) is 5.73 Å². The predicted molar refractivity (Wildman–Crippen MR) is 80.9 cm³/mol. The Morgan fingerprint density at radius 2 is 2.00 bits per heavy atom. The summed E-state index contributed by atoms with van der Waals surface area (Å²) in [6.07, 6.45) is 0.585. The summed E-state index contributed by atoms with van der Waals surface area (Å²) in [6, 6.07) is 10.2. The zero-order valence-electron chi connectivity index (χ0n) is 10.5. The van der Waals surface area contributed by atoms with Crippen molar-refractivity contribution in [3.05, 3.63) is 68.4 Å². The molecule has 0 aliphatic heterocycles. The minimum atomic E-state index is -0.331. The van der Waals surface area contributed by atoms with Crippen LogP contribution in [0.25, 0.3) is 0 Å². The van der Waals surface area contributed by atoms with Crippen LogP contribution in [0, 0.1) is 12.7 Å². The fourth-order valence-electron chi connectivity index (χ4n) is 2.09. The van der Waals surface area contributed by atoms with E-state index in [1.165, 1.54) is 12.1 Å². The topological polar surface area (TPSA) is 26.0 Å². The lowest BCUT2D eigenvalue weighted by atomic mass is 9.96. The SMILES string of the molecule is Cc1cc(Br)ccc1C(N)Cc1ccc(F)cc1Cl. The summed E-state index contributed by atoms with van der Waals surface area (Å²) >= 11 is 9.45. The maximum absolute atomic E-state index is 13.0. The second kappa shape index (κ2) is 6.04. The van der Waals surface area contributed by atoms with Gasteiger partial charge in [-0.3, -0.25) is 0 Å². The van der Waals surface area contributed by atoms with Gasteiger partial charge in [-0.15, -0.1) is 0 Å². The zero-order valence-corrected chi connectivity index (χ0v) is 12.8. The van der Waals surface area contributed by atoms with Crippen LogP contribution < -0.4 is 5.73 Å². The molecule has 1 atom stereocenters. The Morgan fingerprint density at radius 3 is 2.63 bits per heavy atom. The van der Waals surface area contributed by atoms with Crippen LogP contribution in [0.2, 0.25) is 5.02 Å². The van der Waals surface area contributed by atoms with E-state index in [1.807, 2.05) is 25.1 Å². The summed E-state index contributed by atoms with van der Waals surface area (Å²) < 4.78 is 14.0. The van der Waals surface area contributed by atoms with Gasteiger partial charge in [0.1, 0.15) is 5.82 Å². The quantitative estimate of drug-likeness (QED) is 0.852. The van der Waals surface area contributed by atoms with E-state index in [4.69, 9.17) is 17.3 Å². The van der Waals surface area contributed by atoms with Crippen molar-refractivity contribution in [2.75, 3.05) is 0 Å². The van der Waals surface area contributed by atoms with Crippen molar-refractivity contribution in [1.82, 2.24) is 0 Å². The van der Waals surface area contributed by atoms with Crippen molar-refractivity contribution in [3.8, 4) is 0 Å². The number of halogens is 3. The van der Waals surface area contributed by atoms with E-state index in [2.05, 4.69) is 15.9 Å². The Kier molecular flexibility index (Phi) is 4.61. The highest BCUT2D eigenvalue weighted by Gasteiger charge is 2.12. The minimum Gasteiger partial charge on any atom is -0.324 e. The lowest BCUT2D eigenvalue weighted by Crippen LogP contribution is -2.15. The molecule has 4 heteroatoms. The molecule has 0 aromatic heterocycles. The molecule has 2 aromatic rings. The van der Waals surface area contributed by atoms with Gasteiger partial charge < -0.3 is 5.73 Å². The predicted octanol–water partition coefficient (Wildman–Crippen LogP) is 4.79. The van der Waals surface area contributed by atoms with Crippen molar-refractivity contribution in [2.45, 2.75) is 19.4 Å². The van der Waals surface area contributed by atoms with E-state index >= 15 is 0 Å². The molecule has 2 aromatic carbocycles. The average Bonchev–Trinajstić information content (AvgIpc) is 2.32. The number of aryl methyl sites for hydroxylation is 1. The third-order valence-electron chi connectivity index (χ3n) is 3.09. The molecule has 0 amide bonds. The molecule has 1 unspecified atom stereocenters. The molecule has 0 aliphatic rings. The van der Waals surface area contributed by atoms with Crippen LogP contribution in [0.15, 0.2) is 40.9 Å². The number of rotatable bonds is 3. The summed E-state index contributed by atoms with van der Waals surface area (Å²) in [6.45, 7) is 2.02. The van der Waals surface area contributed by atoms with E-state index in [-0.39, 0.29) is 11.9 Å². The van der Waals surface area contributed by atoms with Crippen molar-refractivity contribution in [3.63, 3.8) is 0 Å². The minimum absolute atomic E-state index is 0.156. The van der Waals surface area contributed by atoms with Crippen LogP contribution >= 0.6 is 27.5 Å². The van der Waals surface area contributed by atoms with E-state index in [0.29, 0.717) is 11.4 Å². The molecule has 0 bridgehead atoms. The molecular weight excluding hydrogens is 329 g/mol. The van der Waals surface area contributed by atoms with E-state index in [9.17, 15) is 4.39 Å². The normalized spacial score (nSPS) is 12.5. The van der Waals surface area contributed by atoms with Gasteiger partial charge in [0.2, 0.25) is 0 Å². The van der Waals surface area contributed by atoms with Gasteiger partial charge in [0.05, 0.1) is 0 Å². The molecule has 2 rings (SSSR count). The molecule has 19 heavy (non-hydrogen) atoms. The first-order valence-electron chi connectivity index (χ1n) is 5.93. The molecule has 0 radical (unpaired) electrons. The monoisotopic (exact) mass is 341 g/mol. The first-order valence-corrected chi connectivity index (χ1v) is 7.10. The Bertz CT molecular complexity index is 601. The molecular formula is C15H14BrClFN. The van der Waals surface area contributed by atoms with Gasteiger partial charge in [0, 0.05) is 15.5 Å². The summed E-state index contributed by atoms with van der Waals surface area (Å²) in [7, 11) is 0. The molecule has 100 valence electrons. The molecule has 0 saturated carbocycles. The molecule has 2 N–H and O–H groups in total. The fraction of sp³-hybridized carbons (Fsp3) is 0.200. The Hall–Kier alpha value is -0.900. The Labute approximate surface area is 125 Å². The molecule has 0 fully saturated rings. The Balaban J connectivity index is 2.23. The largest absolute Gasteiger partial charge is 0.324 e. The third-order valence-corrected chi connectivity index (χ3v) is 3.93. The molecule has 0 heterocycles. The number of hydrogen-bond acceptors (Lipinski definition) is 1. The van der Waals surface area contributed by atoms with E-state index in [1.54, 1.807) is 6.07 Å². The van der Waals surface area contributed by atoms with Gasteiger partial charge in [0.15, 0.2) is 0 Å². The zero-order chi connectivity index (χ0) is 14.0. The summed E-state index contributed by atoms with van der Waals surface area (Å²) in [5.41, 5.74) is 9.27. The van der Waals surface area contributed by atoms with Gasteiger partial charge in [0.25, 0.3) is 0 Å². The van der Waals surface area contributed by atoms with Crippen LogP contribution in [0.4, 0.5) is 4.39 Å². The number of benzene rings is 2. The molecule has 0 aliphatic carbocycles. The summed E-state index contributed by atoms with van der Waals surface area (Å²) in [4.78, 5) is 0. The van der Waals surface area contributed by atoms with Crippen molar-refractivity contribution in [1.29, 1.82) is 0 Å². The Morgan fingerprint density at radius 1 is 1.26 bits per heavy atom. The molecule has 0 spiro atoms. The first kappa shape index (κ1) is 14.5. The van der Waals surface area contributed by atoms with Gasteiger partial charge in [-0.25, -0.2) is 4.39 Å². The first-order chi connectivity index (χ1) is 8.97. The number of hydrogen-bond donors (Lipinski definition) is 1. The van der Waals surface area contributed by atoms with Gasteiger partial charge in [-0.1, -0.05) is 39.7 Å². The van der Waals surface area contributed by atoms with Crippen LogP contribution in [0.1, 0.15) is 22.7 Å². The van der Waals surface area contributed by atoms with Crippen molar-refractivity contribution < 1.29 is 4.39 Å². The maximum Gasteiger partial charge on any atom is 0.124 e. The lowest BCUT2D eigenvalue weighted by Gasteiger charge is -2.16. The highest BCUT2D eigenvalue weighted by Crippen LogP contribution is 2.26. The highest BCUT2D eigenvalue weighted by atomic mass is 79.9. The van der Waals surface area contributed by atoms with E-state index < -0.39 is 0 Å². The van der Waals surface area contributed by atoms with Crippen molar-refractivity contribution >= 4 is 27.5 Å². The maximum atomic E-state index is 13.0. The average molecular weight is 343 g/mol. The third kappa shape index (κ3) is 3.56. The highest BCUT2D eigenvalue weighted by molar-refractivity contribution is 9.10. The summed E-state index contributed by atoms with van der Waals surface area (Å²) in [5.74, 6) is -0.331.